The zero-order chi connectivity index (χ0) is 14.3. The van der Waals surface area contributed by atoms with Crippen LogP contribution in [-0.4, -0.2) is 32.4 Å². The summed E-state index contributed by atoms with van der Waals surface area (Å²) in [5.41, 5.74) is 8.76. The minimum absolute atomic E-state index is 0.0512. The van der Waals surface area contributed by atoms with Gasteiger partial charge in [-0.1, -0.05) is 12.1 Å². The predicted molar refractivity (Wildman–Crippen MR) is 76.2 cm³/mol. The second kappa shape index (κ2) is 4.86. The standard InChI is InChI=1S/C14H18N2O3S/c15-13(11-4-6-20(18,19)8-11)10-2-1-9-3-5-16-14(17)12(9)7-10/h1-2,7,11,13H,3-6,8,15H2,(H,16,17). The first-order chi connectivity index (χ1) is 9.46. The number of sulfone groups is 1. The number of hydrogen-bond acceptors (Lipinski definition) is 4. The van der Waals surface area contributed by atoms with E-state index in [9.17, 15) is 13.2 Å². The molecular weight excluding hydrogens is 276 g/mol. The molecule has 0 spiro atoms. The molecule has 0 aliphatic carbocycles. The number of amides is 1. The first-order valence-corrected chi connectivity index (χ1v) is 8.65. The molecule has 108 valence electrons. The summed E-state index contributed by atoms with van der Waals surface area (Å²) in [5.74, 6) is 0.248. The lowest BCUT2D eigenvalue weighted by atomic mass is 9.89. The van der Waals surface area contributed by atoms with Crippen LogP contribution in [0.1, 0.15) is 33.9 Å². The number of hydrogen-bond donors (Lipinski definition) is 2. The van der Waals surface area contributed by atoms with Gasteiger partial charge in [0.25, 0.3) is 5.91 Å². The van der Waals surface area contributed by atoms with Crippen LogP contribution < -0.4 is 11.1 Å². The molecule has 1 aromatic carbocycles. The zero-order valence-electron chi connectivity index (χ0n) is 11.1. The summed E-state index contributed by atoms with van der Waals surface area (Å²) in [6, 6.07) is 5.35. The fraction of sp³-hybridized carbons (Fsp3) is 0.500. The van der Waals surface area contributed by atoms with E-state index in [-0.39, 0.29) is 29.4 Å². The Bertz CT molecular complexity index is 654. The van der Waals surface area contributed by atoms with E-state index in [2.05, 4.69) is 5.32 Å². The van der Waals surface area contributed by atoms with Crippen LogP contribution in [0, 0.1) is 5.92 Å². The second-order valence-corrected chi connectivity index (χ2v) is 7.84. The van der Waals surface area contributed by atoms with Gasteiger partial charge in [0.15, 0.2) is 9.84 Å². The molecule has 1 aromatic rings. The van der Waals surface area contributed by atoms with Gasteiger partial charge in [-0.15, -0.1) is 0 Å². The van der Waals surface area contributed by atoms with Crippen LogP contribution >= 0.6 is 0 Å². The molecule has 0 aromatic heterocycles. The molecule has 0 saturated carbocycles. The van der Waals surface area contributed by atoms with Crippen LogP contribution in [0.2, 0.25) is 0 Å². The van der Waals surface area contributed by atoms with Gasteiger partial charge in [0.1, 0.15) is 0 Å². The summed E-state index contributed by atoms with van der Waals surface area (Å²) in [4.78, 5) is 11.8. The molecule has 1 fully saturated rings. The Kier molecular flexibility index (Phi) is 3.30. The Morgan fingerprint density at radius 3 is 2.85 bits per heavy atom. The minimum Gasteiger partial charge on any atom is -0.352 e. The lowest BCUT2D eigenvalue weighted by Crippen LogP contribution is -2.32. The number of nitrogens with one attached hydrogen (secondary N) is 1. The Hall–Kier alpha value is -1.40. The summed E-state index contributed by atoms with van der Waals surface area (Å²) < 4.78 is 23.1. The molecule has 3 N–H and O–H groups in total. The van der Waals surface area contributed by atoms with Gasteiger partial charge in [-0.3, -0.25) is 4.79 Å². The molecule has 0 bridgehead atoms. The highest BCUT2D eigenvalue weighted by atomic mass is 32.2. The maximum Gasteiger partial charge on any atom is 0.251 e. The van der Waals surface area contributed by atoms with E-state index in [1.54, 1.807) is 0 Å². The number of rotatable bonds is 2. The van der Waals surface area contributed by atoms with Crippen molar-refractivity contribution in [3.63, 3.8) is 0 Å². The predicted octanol–water partition coefficient (Wildman–Crippen LogP) is 0.407. The van der Waals surface area contributed by atoms with Crippen molar-refractivity contribution < 1.29 is 13.2 Å². The average molecular weight is 294 g/mol. The lowest BCUT2D eigenvalue weighted by molar-refractivity contribution is 0.0946. The second-order valence-electron chi connectivity index (χ2n) is 5.61. The van der Waals surface area contributed by atoms with Crippen molar-refractivity contribution in [3.8, 4) is 0 Å². The van der Waals surface area contributed by atoms with Gasteiger partial charge in [-0.05, 0) is 36.0 Å². The lowest BCUT2D eigenvalue weighted by Gasteiger charge is -2.22. The summed E-state index contributed by atoms with van der Waals surface area (Å²) in [6.45, 7) is 0.665. The Morgan fingerprint density at radius 2 is 2.15 bits per heavy atom. The molecule has 3 rings (SSSR count). The maximum atomic E-state index is 11.8. The van der Waals surface area contributed by atoms with Crippen LogP contribution in [0.15, 0.2) is 18.2 Å². The third kappa shape index (κ3) is 2.45. The third-order valence-electron chi connectivity index (χ3n) is 4.22. The molecule has 2 aliphatic heterocycles. The number of benzene rings is 1. The summed E-state index contributed by atoms with van der Waals surface area (Å²) in [7, 11) is -2.94. The summed E-state index contributed by atoms with van der Waals surface area (Å²) in [6.07, 6.45) is 1.43. The van der Waals surface area contributed by atoms with Crippen molar-refractivity contribution in [1.29, 1.82) is 0 Å². The van der Waals surface area contributed by atoms with E-state index in [1.165, 1.54) is 0 Å². The highest BCUT2D eigenvalue weighted by Gasteiger charge is 2.33. The average Bonchev–Trinajstić information content (AvgIpc) is 2.78. The van der Waals surface area contributed by atoms with Crippen molar-refractivity contribution >= 4 is 15.7 Å². The molecule has 2 aliphatic rings. The highest BCUT2D eigenvalue weighted by molar-refractivity contribution is 7.91. The molecule has 0 radical (unpaired) electrons. The molecule has 1 saturated heterocycles. The van der Waals surface area contributed by atoms with E-state index in [0.29, 0.717) is 18.5 Å². The molecule has 2 atom stereocenters. The zero-order valence-corrected chi connectivity index (χ0v) is 11.9. The van der Waals surface area contributed by atoms with Crippen LogP contribution in [0.25, 0.3) is 0 Å². The quantitative estimate of drug-likeness (QED) is 0.826. The van der Waals surface area contributed by atoms with E-state index < -0.39 is 9.84 Å². The van der Waals surface area contributed by atoms with E-state index in [4.69, 9.17) is 5.73 Å². The van der Waals surface area contributed by atoms with Crippen molar-refractivity contribution in [2.45, 2.75) is 18.9 Å². The fourth-order valence-electron chi connectivity index (χ4n) is 3.02. The van der Waals surface area contributed by atoms with Crippen molar-refractivity contribution in [2.24, 2.45) is 11.7 Å². The van der Waals surface area contributed by atoms with Gasteiger partial charge in [0, 0.05) is 18.2 Å². The van der Waals surface area contributed by atoms with Crippen molar-refractivity contribution in [3.05, 3.63) is 34.9 Å². The Labute approximate surface area is 118 Å². The minimum atomic E-state index is -2.94. The summed E-state index contributed by atoms with van der Waals surface area (Å²) in [5, 5.41) is 2.81. The fourth-order valence-corrected chi connectivity index (χ4v) is 4.87. The molecule has 5 nitrogen and oxygen atoms in total. The van der Waals surface area contributed by atoms with Crippen LogP contribution in [0.4, 0.5) is 0 Å². The Balaban J connectivity index is 1.87. The molecule has 1 amide bonds. The molecule has 2 heterocycles. The van der Waals surface area contributed by atoms with Gasteiger partial charge in [-0.2, -0.15) is 0 Å². The molecular formula is C14H18N2O3S. The normalized spacial score (nSPS) is 25.9. The number of carbonyl (C=O) groups excluding carboxylic acids is 1. The van der Waals surface area contributed by atoms with Gasteiger partial charge in [0.2, 0.25) is 0 Å². The van der Waals surface area contributed by atoms with Gasteiger partial charge >= 0.3 is 0 Å². The molecule has 6 heteroatoms. The first kappa shape index (κ1) is 13.6. The molecule has 20 heavy (non-hydrogen) atoms. The maximum absolute atomic E-state index is 11.8. The Morgan fingerprint density at radius 1 is 1.35 bits per heavy atom. The molecule has 2 unspecified atom stereocenters. The topological polar surface area (TPSA) is 89.3 Å². The van der Waals surface area contributed by atoms with Crippen molar-refractivity contribution in [2.75, 3.05) is 18.1 Å². The monoisotopic (exact) mass is 294 g/mol. The number of nitrogens with two attached hydrogens (primary N) is 1. The largest absolute Gasteiger partial charge is 0.352 e. The third-order valence-corrected chi connectivity index (χ3v) is 6.01. The van der Waals surface area contributed by atoms with Crippen LogP contribution in [0.5, 0.6) is 0 Å². The van der Waals surface area contributed by atoms with Crippen molar-refractivity contribution in [1.82, 2.24) is 5.32 Å². The van der Waals surface area contributed by atoms with E-state index in [0.717, 1.165) is 17.5 Å². The smallest absolute Gasteiger partial charge is 0.251 e. The highest BCUT2D eigenvalue weighted by Crippen LogP contribution is 2.31. The SMILES string of the molecule is NC(c1ccc2c(c1)C(=O)NCC2)C1CCS(=O)(=O)C1. The first-order valence-electron chi connectivity index (χ1n) is 6.83. The van der Waals surface area contributed by atoms with Crippen LogP contribution in [-0.2, 0) is 16.3 Å². The van der Waals surface area contributed by atoms with E-state index >= 15 is 0 Å². The van der Waals surface area contributed by atoms with Gasteiger partial charge in [-0.25, -0.2) is 8.42 Å². The number of fused-ring (bicyclic) bond motifs is 1. The summed E-state index contributed by atoms with van der Waals surface area (Å²) >= 11 is 0. The van der Waals surface area contributed by atoms with Gasteiger partial charge in [0.05, 0.1) is 11.5 Å². The van der Waals surface area contributed by atoms with E-state index in [1.807, 2.05) is 18.2 Å². The number of carbonyl (C=O) groups is 1. The van der Waals surface area contributed by atoms with Gasteiger partial charge < -0.3 is 11.1 Å². The van der Waals surface area contributed by atoms with Crippen LogP contribution in [0.3, 0.4) is 0 Å².